The van der Waals surface area contributed by atoms with Crippen LogP contribution in [0.25, 0.3) is 16.8 Å². The Hall–Kier alpha value is -3.65. The lowest BCUT2D eigenvalue weighted by atomic mass is 10.1. The predicted molar refractivity (Wildman–Crippen MR) is 113 cm³/mol. The molecular weight excluding hydrogens is 406 g/mol. The minimum Gasteiger partial charge on any atom is -0.496 e. The number of hydrogen-bond donors (Lipinski definition) is 1. The van der Waals surface area contributed by atoms with Crippen LogP contribution in [0.5, 0.6) is 11.5 Å². The molecule has 4 rings (SSSR count). The van der Waals surface area contributed by atoms with Crippen molar-refractivity contribution in [1.82, 2.24) is 19.8 Å². The van der Waals surface area contributed by atoms with Crippen molar-refractivity contribution in [3.8, 4) is 22.6 Å². The standard InChI is InChI=1S/C21H18ClN5O3/c1-12-19(21(28)24-16-10-13(22)8-9-18(16)30-3)25-26-20-15(11-23-27(12)20)14-6-4-5-7-17(14)29-2/h4-11H,1-3H3,(H,24,28). The first-order valence-corrected chi connectivity index (χ1v) is 9.40. The molecule has 2 heterocycles. The lowest BCUT2D eigenvalue weighted by Crippen LogP contribution is -2.19. The van der Waals surface area contributed by atoms with Gasteiger partial charge in [-0.25, -0.2) is 4.52 Å². The molecule has 0 unspecified atom stereocenters. The first kappa shape index (κ1) is 19.7. The fourth-order valence-electron chi connectivity index (χ4n) is 3.18. The Kier molecular flexibility index (Phi) is 5.24. The number of halogens is 1. The van der Waals surface area contributed by atoms with Gasteiger partial charge < -0.3 is 14.8 Å². The second-order valence-corrected chi connectivity index (χ2v) is 6.86. The summed E-state index contributed by atoms with van der Waals surface area (Å²) in [6.45, 7) is 1.75. The maximum Gasteiger partial charge on any atom is 0.278 e. The van der Waals surface area contributed by atoms with E-state index in [0.29, 0.717) is 33.6 Å². The Labute approximate surface area is 177 Å². The van der Waals surface area contributed by atoms with Gasteiger partial charge in [-0.1, -0.05) is 29.8 Å². The highest BCUT2D eigenvalue weighted by Gasteiger charge is 2.20. The zero-order valence-electron chi connectivity index (χ0n) is 16.5. The van der Waals surface area contributed by atoms with Crippen molar-refractivity contribution in [3.63, 3.8) is 0 Å². The van der Waals surface area contributed by atoms with E-state index in [-0.39, 0.29) is 5.69 Å². The van der Waals surface area contributed by atoms with E-state index in [2.05, 4.69) is 20.6 Å². The van der Waals surface area contributed by atoms with Gasteiger partial charge >= 0.3 is 0 Å². The van der Waals surface area contributed by atoms with E-state index in [4.69, 9.17) is 21.1 Å². The number of fused-ring (bicyclic) bond motifs is 1. The van der Waals surface area contributed by atoms with E-state index < -0.39 is 5.91 Å². The molecule has 0 radical (unpaired) electrons. The molecule has 4 aromatic rings. The molecule has 2 aromatic carbocycles. The Morgan fingerprint density at radius 1 is 1.03 bits per heavy atom. The van der Waals surface area contributed by atoms with Gasteiger partial charge in [0.15, 0.2) is 11.3 Å². The number of ether oxygens (including phenoxy) is 2. The highest BCUT2D eigenvalue weighted by atomic mass is 35.5. The van der Waals surface area contributed by atoms with Crippen LogP contribution in [0.15, 0.2) is 48.7 Å². The van der Waals surface area contributed by atoms with E-state index in [1.165, 1.54) is 7.11 Å². The van der Waals surface area contributed by atoms with E-state index in [0.717, 1.165) is 11.1 Å². The van der Waals surface area contributed by atoms with Crippen molar-refractivity contribution in [2.45, 2.75) is 6.92 Å². The van der Waals surface area contributed by atoms with E-state index in [1.54, 1.807) is 42.9 Å². The van der Waals surface area contributed by atoms with Crippen molar-refractivity contribution >= 4 is 28.8 Å². The molecule has 2 aromatic heterocycles. The minimum atomic E-state index is -0.447. The molecule has 0 spiro atoms. The monoisotopic (exact) mass is 423 g/mol. The molecule has 0 fully saturated rings. The van der Waals surface area contributed by atoms with Gasteiger partial charge in [0.1, 0.15) is 11.5 Å². The lowest BCUT2D eigenvalue weighted by molar-refractivity contribution is 0.101. The highest BCUT2D eigenvalue weighted by molar-refractivity contribution is 6.31. The molecule has 1 amide bonds. The summed E-state index contributed by atoms with van der Waals surface area (Å²) < 4.78 is 12.3. The molecule has 30 heavy (non-hydrogen) atoms. The Morgan fingerprint density at radius 3 is 2.57 bits per heavy atom. The van der Waals surface area contributed by atoms with Gasteiger partial charge in [0, 0.05) is 10.6 Å². The first-order valence-electron chi connectivity index (χ1n) is 9.02. The van der Waals surface area contributed by atoms with Gasteiger partial charge in [0.05, 0.1) is 37.4 Å². The van der Waals surface area contributed by atoms with Crippen molar-refractivity contribution < 1.29 is 14.3 Å². The number of nitrogens with zero attached hydrogens (tertiary/aromatic N) is 4. The van der Waals surface area contributed by atoms with Crippen LogP contribution in [0.3, 0.4) is 0 Å². The van der Waals surface area contributed by atoms with Crippen LogP contribution in [-0.4, -0.2) is 39.9 Å². The van der Waals surface area contributed by atoms with Gasteiger partial charge in [-0.3, -0.25) is 4.79 Å². The molecular formula is C21H18ClN5O3. The van der Waals surface area contributed by atoms with Gasteiger partial charge in [-0.05, 0) is 31.2 Å². The molecule has 0 aliphatic carbocycles. The number of carbonyl (C=O) groups excluding carboxylic acids is 1. The average Bonchev–Trinajstić information content (AvgIpc) is 3.19. The summed E-state index contributed by atoms with van der Waals surface area (Å²) in [5.41, 5.74) is 3.23. The molecule has 0 aliphatic heterocycles. The third-order valence-corrected chi connectivity index (χ3v) is 4.91. The summed E-state index contributed by atoms with van der Waals surface area (Å²) in [6, 6.07) is 12.5. The second-order valence-electron chi connectivity index (χ2n) is 6.43. The van der Waals surface area contributed by atoms with Gasteiger partial charge in [0.25, 0.3) is 5.91 Å². The Balaban J connectivity index is 1.73. The minimum absolute atomic E-state index is 0.138. The van der Waals surface area contributed by atoms with Crippen LogP contribution in [0, 0.1) is 6.92 Å². The van der Waals surface area contributed by atoms with Gasteiger partial charge in [-0.15, -0.1) is 10.2 Å². The zero-order valence-corrected chi connectivity index (χ0v) is 17.3. The summed E-state index contributed by atoms with van der Waals surface area (Å²) in [6.07, 6.45) is 1.68. The number of anilines is 1. The number of methoxy groups -OCH3 is 2. The van der Waals surface area contributed by atoms with Gasteiger partial charge in [0.2, 0.25) is 0 Å². The molecule has 0 saturated carbocycles. The van der Waals surface area contributed by atoms with Crippen LogP contribution in [0.2, 0.25) is 5.02 Å². The van der Waals surface area contributed by atoms with Crippen LogP contribution in [0.4, 0.5) is 5.69 Å². The quantitative estimate of drug-likeness (QED) is 0.521. The van der Waals surface area contributed by atoms with Crippen LogP contribution >= 0.6 is 11.6 Å². The maximum atomic E-state index is 12.9. The SMILES string of the molecule is COc1ccc(Cl)cc1NC(=O)c1nnc2c(-c3ccccc3OC)cnn2c1C. The predicted octanol–water partition coefficient (Wildman–Crippen LogP) is 4.02. The number of nitrogens with one attached hydrogen (secondary N) is 1. The third-order valence-electron chi connectivity index (χ3n) is 4.67. The fraction of sp³-hybridized carbons (Fsp3) is 0.143. The number of aryl methyl sites for hydroxylation is 1. The largest absolute Gasteiger partial charge is 0.496 e. The third kappa shape index (κ3) is 3.42. The normalized spacial score (nSPS) is 10.8. The number of carbonyl (C=O) groups is 1. The van der Waals surface area contributed by atoms with Crippen LogP contribution in [0.1, 0.15) is 16.2 Å². The Morgan fingerprint density at radius 2 is 1.80 bits per heavy atom. The van der Waals surface area contributed by atoms with Gasteiger partial charge in [-0.2, -0.15) is 5.10 Å². The zero-order chi connectivity index (χ0) is 21.3. The average molecular weight is 424 g/mol. The van der Waals surface area contributed by atoms with Crippen molar-refractivity contribution in [2.75, 3.05) is 19.5 Å². The summed E-state index contributed by atoms with van der Waals surface area (Å²) in [5, 5.41) is 16.0. The van der Waals surface area contributed by atoms with E-state index in [9.17, 15) is 4.79 Å². The molecule has 8 nitrogen and oxygen atoms in total. The first-order chi connectivity index (χ1) is 14.5. The van der Waals surface area contributed by atoms with Crippen LogP contribution < -0.4 is 14.8 Å². The number of hydrogen-bond acceptors (Lipinski definition) is 6. The lowest BCUT2D eigenvalue weighted by Gasteiger charge is -2.11. The molecule has 0 atom stereocenters. The molecule has 152 valence electrons. The van der Waals surface area contributed by atoms with E-state index >= 15 is 0 Å². The van der Waals surface area contributed by atoms with Crippen molar-refractivity contribution in [3.05, 3.63) is 65.1 Å². The summed E-state index contributed by atoms with van der Waals surface area (Å²) in [4.78, 5) is 12.9. The van der Waals surface area contributed by atoms with E-state index in [1.807, 2.05) is 24.3 Å². The molecule has 1 N–H and O–H groups in total. The van der Waals surface area contributed by atoms with Crippen molar-refractivity contribution in [1.29, 1.82) is 0 Å². The number of benzene rings is 2. The maximum absolute atomic E-state index is 12.9. The molecule has 0 aliphatic rings. The molecule has 0 saturated heterocycles. The summed E-state index contributed by atoms with van der Waals surface area (Å²) in [7, 11) is 3.12. The molecule has 0 bridgehead atoms. The number of amides is 1. The summed E-state index contributed by atoms with van der Waals surface area (Å²) in [5.74, 6) is 0.732. The number of para-hydroxylation sites is 1. The number of rotatable bonds is 5. The fourth-order valence-corrected chi connectivity index (χ4v) is 3.35. The molecule has 9 heteroatoms. The van der Waals surface area contributed by atoms with Crippen LogP contribution in [-0.2, 0) is 0 Å². The Bertz CT molecular complexity index is 1250. The van der Waals surface area contributed by atoms with Crippen molar-refractivity contribution in [2.24, 2.45) is 0 Å². The topological polar surface area (TPSA) is 90.6 Å². The number of aromatic nitrogens is 4. The smallest absolute Gasteiger partial charge is 0.278 e. The summed E-state index contributed by atoms with van der Waals surface area (Å²) >= 11 is 6.04. The highest BCUT2D eigenvalue weighted by Crippen LogP contribution is 2.32. The second kappa shape index (κ2) is 8.00.